The molecule has 0 heterocycles. The van der Waals surface area contributed by atoms with Crippen LogP contribution < -0.4 is 9.80 Å². The number of hydrogen-bond donors (Lipinski definition) is 0. The minimum Gasteiger partial charge on any atom is -0.310 e. The highest BCUT2D eigenvalue weighted by atomic mass is 15.1. The first-order valence-electron chi connectivity index (χ1n) is 18.6. The number of fused-ring (bicyclic) bond motifs is 2. The molecule has 54 heavy (non-hydrogen) atoms. The van der Waals surface area contributed by atoms with E-state index in [1.165, 1.54) is 54.9 Å². The Morgan fingerprint density at radius 2 is 0.815 bits per heavy atom. The van der Waals surface area contributed by atoms with Gasteiger partial charge in [0.25, 0.3) is 0 Å². The summed E-state index contributed by atoms with van der Waals surface area (Å²) in [6.07, 6.45) is 0. The second-order valence-electron chi connectivity index (χ2n) is 14.0. The fraction of sp³-hybridized carbons (Fsp3) is 0.0385. The second kappa shape index (κ2) is 14.3. The molecule has 9 rings (SSSR count). The summed E-state index contributed by atoms with van der Waals surface area (Å²) in [5, 5.41) is 4.85. The van der Waals surface area contributed by atoms with Gasteiger partial charge in [-0.05, 0) is 119 Å². The molecule has 0 N–H and O–H groups in total. The first-order chi connectivity index (χ1) is 26.6. The molecule has 258 valence electrons. The van der Waals surface area contributed by atoms with E-state index in [2.05, 4.69) is 230 Å². The van der Waals surface area contributed by atoms with Crippen LogP contribution in [0.2, 0.25) is 0 Å². The van der Waals surface area contributed by atoms with Gasteiger partial charge in [-0.15, -0.1) is 0 Å². The minimum absolute atomic E-state index is 1.11. The summed E-state index contributed by atoms with van der Waals surface area (Å²) in [6, 6.07) is 74.8. The molecule has 0 saturated carbocycles. The Balaban J connectivity index is 1.17. The maximum Gasteiger partial charge on any atom is 0.0540 e. The zero-order valence-electron chi connectivity index (χ0n) is 30.5. The molecule has 0 aliphatic heterocycles. The van der Waals surface area contributed by atoms with Crippen LogP contribution in [0, 0.1) is 13.8 Å². The summed E-state index contributed by atoms with van der Waals surface area (Å²) in [6.45, 7) is 4.28. The van der Waals surface area contributed by atoms with Crippen molar-refractivity contribution in [3.05, 3.63) is 217 Å². The molecule has 0 amide bonds. The van der Waals surface area contributed by atoms with Crippen molar-refractivity contribution in [2.75, 3.05) is 9.80 Å². The highest BCUT2D eigenvalue weighted by Gasteiger charge is 2.18. The van der Waals surface area contributed by atoms with Crippen LogP contribution in [-0.2, 0) is 0 Å². The van der Waals surface area contributed by atoms with E-state index >= 15 is 0 Å². The quantitative estimate of drug-likeness (QED) is 0.156. The number of nitrogens with zero attached hydrogens (tertiary/aromatic N) is 2. The number of rotatable bonds is 8. The van der Waals surface area contributed by atoms with Crippen LogP contribution in [-0.4, -0.2) is 0 Å². The molecule has 0 radical (unpaired) electrons. The van der Waals surface area contributed by atoms with Crippen LogP contribution in [0.25, 0.3) is 43.8 Å². The first-order valence-corrected chi connectivity index (χ1v) is 18.6. The standard InChI is InChI=1S/C52H40N2/c1-37-21-28-44(29-22-37)53(48-34-27-40-13-6-7-14-42(40)35-48)47-16-8-15-43(36-47)49-17-9-19-51-50(49)18-10-20-52(51)54(45-30-23-38(2)24-31-45)46-32-25-41(26-33-46)39-11-4-3-5-12-39/h3-36H,1-2H3. The molecule has 0 fully saturated rings. The number of benzene rings is 9. The van der Waals surface area contributed by atoms with E-state index in [1.807, 2.05) is 0 Å². The van der Waals surface area contributed by atoms with Crippen molar-refractivity contribution < 1.29 is 0 Å². The lowest BCUT2D eigenvalue weighted by Gasteiger charge is -2.28. The Morgan fingerprint density at radius 1 is 0.296 bits per heavy atom. The van der Waals surface area contributed by atoms with Crippen molar-refractivity contribution in [3.8, 4) is 22.3 Å². The monoisotopic (exact) mass is 692 g/mol. The molecule has 2 heteroatoms. The Hall–Kier alpha value is -6.90. The van der Waals surface area contributed by atoms with Gasteiger partial charge in [-0.25, -0.2) is 0 Å². The normalized spacial score (nSPS) is 11.1. The van der Waals surface area contributed by atoms with Gasteiger partial charge in [-0.1, -0.05) is 151 Å². The van der Waals surface area contributed by atoms with Crippen LogP contribution in [0.5, 0.6) is 0 Å². The van der Waals surface area contributed by atoms with E-state index in [9.17, 15) is 0 Å². The largest absolute Gasteiger partial charge is 0.310 e. The predicted molar refractivity (Wildman–Crippen MR) is 231 cm³/mol. The van der Waals surface area contributed by atoms with E-state index in [0.717, 1.165) is 34.1 Å². The van der Waals surface area contributed by atoms with Crippen LogP contribution >= 0.6 is 0 Å². The SMILES string of the molecule is Cc1ccc(N(c2cccc(-c3cccc4c(N(c5ccc(C)cc5)c5ccc(-c6ccccc6)cc5)cccc34)c2)c2ccc3ccccc3c2)cc1. The van der Waals surface area contributed by atoms with Gasteiger partial charge in [-0.3, -0.25) is 0 Å². The van der Waals surface area contributed by atoms with E-state index < -0.39 is 0 Å². The highest BCUT2D eigenvalue weighted by molar-refractivity contribution is 6.06. The predicted octanol–water partition coefficient (Wildman–Crippen LogP) is 14.9. The van der Waals surface area contributed by atoms with Gasteiger partial charge < -0.3 is 9.80 Å². The minimum atomic E-state index is 1.11. The van der Waals surface area contributed by atoms with Gasteiger partial charge in [0, 0.05) is 33.8 Å². The van der Waals surface area contributed by atoms with Crippen molar-refractivity contribution in [1.29, 1.82) is 0 Å². The molecule has 2 nitrogen and oxygen atoms in total. The number of anilines is 6. The topological polar surface area (TPSA) is 6.48 Å². The zero-order chi connectivity index (χ0) is 36.4. The van der Waals surface area contributed by atoms with Crippen molar-refractivity contribution >= 4 is 55.7 Å². The fourth-order valence-electron chi connectivity index (χ4n) is 7.56. The van der Waals surface area contributed by atoms with Crippen LogP contribution in [0.4, 0.5) is 34.1 Å². The average Bonchev–Trinajstić information content (AvgIpc) is 3.23. The summed E-state index contributed by atoms with van der Waals surface area (Å²) in [7, 11) is 0. The lowest BCUT2D eigenvalue weighted by molar-refractivity contribution is 1.28. The molecule has 0 bridgehead atoms. The number of aryl methyl sites for hydroxylation is 2. The molecule has 0 atom stereocenters. The summed E-state index contributed by atoms with van der Waals surface area (Å²) in [4.78, 5) is 4.75. The molecule has 9 aromatic carbocycles. The summed E-state index contributed by atoms with van der Waals surface area (Å²) in [5.74, 6) is 0. The molecule has 0 saturated heterocycles. The van der Waals surface area contributed by atoms with Gasteiger partial charge in [-0.2, -0.15) is 0 Å². The fourth-order valence-corrected chi connectivity index (χ4v) is 7.56. The summed E-state index contributed by atoms with van der Waals surface area (Å²) >= 11 is 0. The van der Waals surface area contributed by atoms with Crippen LogP contribution in [0.1, 0.15) is 11.1 Å². The van der Waals surface area contributed by atoms with Gasteiger partial charge in [0.2, 0.25) is 0 Å². The Labute approximate surface area is 317 Å². The third-order valence-electron chi connectivity index (χ3n) is 10.4. The van der Waals surface area contributed by atoms with E-state index in [0.29, 0.717) is 0 Å². The molecular weight excluding hydrogens is 653 g/mol. The average molecular weight is 693 g/mol. The lowest BCUT2D eigenvalue weighted by atomic mass is 9.96. The molecule has 0 unspecified atom stereocenters. The second-order valence-corrected chi connectivity index (χ2v) is 14.0. The van der Waals surface area contributed by atoms with Crippen LogP contribution in [0.15, 0.2) is 206 Å². The molecule has 0 aliphatic carbocycles. The molecular formula is C52H40N2. The maximum absolute atomic E-state index is 2.38. The third kappa shape index (κ3) is 6.40. The van der Waals surface area contributed by atoms with Gasteiger partial charge in [0.1, 0.15) is 0 Å². The van der Waals surface area contributed by atoms with Gasteiger partial charge in [0.05, 0.1) is 5.69 Å². The Bertz CT molecular complexity index is 2710. The lowest BCUT2D eigenvalue weighted by Crippen LogP contribution is -2.10. The molecule has 0 spiro atoms. The Kier molecular flexibility index (Phi) is 8.70. The summed E-state index contributed by atoms with van der Waals surface area (Å²) < 4.78 is 0. The molecule has 0 aliphatic rings. The highest BCUT2D eigenvalue weighted by Crippen LogP contribution is 2.43. The van der Waals surface area contributed by atoms with Crippen molar-refractivity contribution in [2.24, 2.45) is 0 Å². The van der Waals surface area contributed by atoms with E-state index in [-0.39, 0.29) is 0 Å². The smallest absolute Gasteiger partial charge is 0.0540 e. The third-order valence-corrected chi connectivity index (χ3v) is 10.4. The summed E-state index contributed by atoms with van der Waals surface area (Å²) in [5.41, 5.74) is 14.0. The zero-order valence-corrected chi connectivity index (χ0v) is 30.5. The van der Waals surface area contributed by atoms with E-state index in [4.69, 9.17) is 0 Å². The van der Waals surface area contributed by atoms with Crippen molar-refractivity contribution in [2.45, 2.75) is 13.8 Å². The van der Waals surface area contributed by atoms with E-state index in [1.54, 1.807) is 0 Å². The number of hydrogen-bond acceptors (Lipinski definition) is 2. The van der Waals surface area contributed by atoms with Gasteiger partial charge >= 0.3 is 0 Å². The first kappa shape index (κ1) is 33.0. The van der Waals surface area contributed by atoms with Crippen molar-refractivity contribution in [1.82, 2.24) is 0 Å². The Morgan fingerprint density at radius 3 is 1.54 bits per heavy atom. The van der Waals surface area contributed by atoms with Gasteiger partial charge in [0.15, 0.2) is 0 Å². The molecule has 0 aromatic heterocycles. The van der Waals surface area contributed by atoms with Crippen molar-refractivity contribution in [3.63, 3.8) is 0 Å². The molecule has 9 aromatic rings. The maximum atomic E-state index is 2.38. The van der Waals surface area contributed by atoms with Crippen LogP contribution in [0.3, 0.4) is 0 Å².